The number of unbranched alkanes of at least 4 members (excludes halogenated alkanes) is 1. The van der Waals surface area contributed by atoms with Crippen LogP contribution in [0.25, 0.3) is 0 Å². The van der Waals surface area contributed by atoms with Gasteiger partial charge in [0, 0.05) is 6.54 Å². The molecule has 0 aromatic heterocycles. The molecular weight excluding hydrogens is 214 g/mol. The predicted octanol–water partition coefficient (Wildman–Crippen LogP) is 1.90. The Morgan fingerprint density at radius 2 is 2.29 bits per heavy atom. The van der Waals surface area contributed by atoms with Crippen LogP contribution in [-0.4, -0.2) is 19.6 Å². The van der Waals surface area contributed by atoms with Gasteiger partial charge in [-0.3, -0.25) is 0 Å². The van der Waals surface area contributed by atoms with Crippen LogP contribution in [0.15, 0.2) is 29.3 Å². The third-order valence-electron chi connectivity index (χ3n) is 2.40. The van der Waals surface area contributed by atoms with Gasteiger partial charge in [0.15, 0.2) is 5.96 Å². The standard InChI is InChI=1S/C13H21N3O/c1-3-4-8-15-13(14)16-10-11-6-5-7-12(9-11)17-2/h5-7,9H,3-4,8,10H2,1-2H3,(H3,14,15,16). The average molecular weight is 235 g/mol. The molecule has 1 aromatic carbocycles. The molecule has 0 bridgehead atoms. The van der Waals surface area contributed by atoms with Crippen molar-refractivity contribution in [3.05, 3.63) is 29.8 Å². The Morgan fingerprint density at radius 3 is 3.00 bits per heavy atom. The predicted molar refractivity (Wildman–Crippen MR) is 71.2 cm³/mol. The SMILES string of the molecule is CCCCNC(N)=NCc1cccc(OC)c1. The number of benzene rings is 1. The lowest BCUT2D eigenvalue weighted by atomic mass is 10.2. The van der Waals surface area contributed by atoms with E-state index in [2.05, 4.69) is 17.2 Å². The first kappa shape index (κ1) is 13.4. The lowest BCUT2D eigenvalue weighted by Crippen LogP contribution is -2.32. The van der Waals surface area contributed by atoms with Gasteiger partial charge in [-0.15, -0.1) is 0 Å². The molecule has 0 atom stereocenters. The molecule has 17 heavy (non-hydrogen) atoms. The maximum absolute atomic E-state index is 5.74. The second kappa shape index (κ2) is 7.54. The Balaban J connectivity index is 2.44. The third kappa shape index (κ3) is 5.24. The monoisotopic (exact) mass is 235 g/mol. The number of guanidine groups is 1. The van der Waals surface area contributed by atoms with Gasteiger partial charge >= 0.3 is 0 Å². The van der Waals surface area contributed by atoms with Crippen LogP contribution in [0.1, 0.15) is 25.3 Å². The molecule has 3 N–H and O–H groups in total. The summed E-state index contributed by atoms with van der Waals surface area (Å²) in [7, 11) is 1.66. The lowest BCUT2D eigenvalue weighted by Gasteiger charge is -2.05. The van der Waals surface area contributed by atoms with Crippen LogP contribution in [0.3, 0.4) is 0 Å². The summed E-state index contributed by atoms with van der Waals surface area (Å²) in [6, 6.07) is 7.83. The molecule has 1 aromatic rings. The molecule has 0 radical (unpaired) electrons. The normalized spacial score (nSPS) is 11.3. The van der Waals surface area contributed by atoms with Gasteiger partial charge in [0.05, 0.1) is 13.7 Å². The zero-order chi connectivity index (χ0) is 12.5. The summed E-state index contributed by atoms with van der Waals surface area (Å²) in [5.74, 6) is 1.34. The first-order valence-electron chi connectivity index (χ1n) is 5.93. The molecule has 0 fully saturated rings. The van der Waals surface area contributed by atoms with Crippen LogP contribution in [0.2, 0.25) is 0 Å². The van der Waals surface area contributed by atoms with Crippen molar-refractivity contribution in [2.24, 2.45) is 10.7 Å². The molecule has 4 heteroatoms. The summed E-state index contributed by atoms with van der Waals surface area (Å²) in [6.45, 7) is 3.59. The van der Waals surface area contributed by atoms with Gasteiger partial charge in [0.1, 0.15) is 5.75 Å². The minimum absolute atomic E-state index is 0.501. The van der Waals surface area contributed by atoms with Gasteiger partial charge in [0.2, 0.25) is 0 Å². The van der Waals surface area contributed by atoms with E-state index in [1.54, 1.807) is 7.11 Å². The molecular formula is C13H21N3O. The smallest absolute Gasteiger partial charge is 0.188 e. The zero-order valence-corrected chi connectivity index (χ0v) is 10.6. The number of rotatable bonds is 6. The van der Waals surface area contributed by atoms with Crippen LogP contribution >= 0.6 is 0 Å². The van der Waals surface area contributed by atoms with Crippen molar-refractivity contribution in [3.63, 3.8) is 0 Å². The third-order valence-corrected chi connectivity index (χ3v) is 2.40. The second-order valence-electron chi connectivity index (χ2n) is 3.83. The Hall–Kier alpha value is -1.71. The van der Waals surface area contributed by atoms with Crippen LogP contribution < -0.4 is 15.8 Å². The molecule has 0 aliphatic heterocycles. The van der Waals surface area contributed by atoms with Crippen molar-refractivity contribution in [1.29, 1.82) is 0 Å². The van der Waals surface area contributed by atoms with Crippen LogP contribution in [0, 0.1) is 0 Å². The van der Waals surface area contributed by atoms with Gasteiger partial charge < -0.3 is 15.8 Å². The van der Waals surface area contributed by atoms with Crippen molar-refractivity contribution in [1.82, 2.24) is 5.32 Å². The quantitative estimate of drug-likeness (QED) is 0.450. The maximum atomic E-state index is 5.74. The highest BCUT2D eigenvalue weighted by molar-refractivity contribution is 5.77. The zero-order valence-electron chi connectivity index (χ0n) is 10.6. The van der Waals surface area contributed by atoms with Crippen LogP contribution in [-0.2, 0) is 6.54 Å². The molecule has 0 spiro atoms. The molecule has 0 aliphatic carbocycles. The summed E-state index contributed by atoms with van der Waals surface area (Å²) >= 11 is 0. The number of hydrogen-bond acceptors (Lipinski definition) is 2. The minimum Gasteiger partial charge on any atom is -0.497 e. The Labute approximate surface area is 103 Å². The average Bonchev–Trinajstić information content (AvgIpc) is 2.37. The fraction of sp³-hybridized carbons (Fsp3) is 0.462. The largest absolute Gasteiger partial charge is 0.497 e. The molecule has 4 nitrogen and oxygen atoms in total. The van der Waals surface area contributed by atoms with E-state index in [0.717, 1.165) is 30.7 Å². The fourth-order valence-electron chi connectivity index (χ4n) is 1.40. The Morgan fingerprint density at radius 1 is 1.47 bits per heavy atom. The Bertz CT molecular complexity index is 363. The van der Waals surface area contributed by atoms with Crippen molar-refractivity contribution in [2.45, 2.75) is 26.3 Å². The molecule has 0 saturated carbocycles. The number of ether oxygens (including phenoxy) is 1. The van der Waals surface area contributed by atoms with E-state index >= 15 is 0 Å². The van der Waals surface area contributed by atoms with Crippen molar-refractivity contribution < 1.29 is 4.74 Å². The van der Waals surface area contributed by atoms with Crippen LogP contribution in [0.5, 0.6) is 5.75 Å². The number of nitrogens with zero attached hydrogens (tertiary/aromatic N) is 1. The van der Waals surface area contributed by atoms with E-state index in [-0.39, 0.29) is 0 Å². The van der Waals surface area contributed by atoms with E-state index in [1.165, 1.54) is 0 Å². The van der Waals surface area contributed by atoms with Crippen molar-refractivity contribution in [2.75, 3.05) is 13.7 Å². The number of nitrogens with one attached hydrogen (secondary N) is 1. The summed E-state index contributed by atoms with van der Waals surface area (Å²) in [6.07, 6.45) is 2.26. The summed E-state index contributed by atoms with van der Waals surface area (Å²) in [5.41, 5.74) is 6.83. The molecule has 0 aliphatic rings. The molecule has 0 heterocycles. The summed E-state index contributed by atoms with van der Waals surface area (Å²) in [5, 5.41) is 3.08. The van der Waals surface area contributed by atoms with Crippen molar-refractivity contribution in [3.8, 4) is 5.75 Å². The highest BCUT2D eigenvalue weighted by Crippen LogP contribution is 2.12. The van der Waals surface area contributed by atoms with E-state index in [4.69, 9.17) is 10.5 Å². The minimum atomic E-state index is 0.501. The number of hydrogen-bond donors (Lipinski definition) is 2. The number of aliphatic imine (C=N–C) groups is 1. The first-order valence-corrected chi connectivity index (χ1v) is 5.93. The van der Waals surface area contributed by atoms with Gasteiger partial charge in [0.25, 0.3) is 0 Å². The van der Waals surface area contributed by atoms with E-state index in [0.29, 0.717) is 12.5 Å². The van der Waals surface area contributed by atoms with Gasteiger partial charge in [-0.2, -0.15) is 0 Å². The fourth-order valence-corrected chi connectivity index (χ4v) is 1.40. The lowest BCUT2D eigenvalue weighted by molar-refractivity contribution is 0.414. The van der Waals surface area contributed by atoms with E-state index < -0.39 is 0 Å². The first-order chi connectivity index (χ1) is 8.26. The summed E-state index contributed by atoms with van der Waals surface area (Å²) in [4.78, 5) is 4.27. The molecule has 0 unspecified atom stereocenters. The topological polar surface area (TPSA) is 59.6 Å². The number of methoxy groups -OCH3 is 1. The molecule has 94 valence electrons. The Kier molecular flexibility index (Phi) is 5.93. The van der Waals surface area contributed by atoms with Crippen LogP contribution in [0.4, 0.5) is 0 Å². The van der Waals surface area contributed by atoms with Gasteiger partial charge in [-0.05, 0) is 24.1 Å². The summed E-state index contributed by atoms with van der Waals surface area (Å²) < 4.78 is 5.15. The maximum Gasteiger partial charge on any atom is 0.188 e. The molecule has 0 saturated heterocycles. The number of nitrogens with two attached hydrogens (primary N) is 1. The van der Waals surface area contributed by atoms with Gasteiger partial charge in [-0.25, -0.2) is 4.99 Å². The molecule has 1 rings (SSSR count). The highest BCUT2D eigenvalue weighted by Gasteiger charge is 1.95. The van der Waals surface area contributed by atoms with E-state index in [9.17, 15) is 0 Å². The van der Waals surface area contributed by atoms with E-state index in [1.807, 2.05) is 24.3 Å². The molecule has 0 amide bonds. The van der Waals surface area contributed by atoms with Crippen molar-refractivity contribution >= 4 is 5.96 Å². The van der Waals surface area contributed by atoms with Gasteiger partial charge in [-0.1, -0.05) is 25.5 Å². The second-order valence-corrected chi connectivity index (χ2v) is 3.83. The highest BCUT2D eigenvalue weighted by atomic mass is 16.5.